The second-order valence-corrected chi connectivity index (χ2v) is 6.37. The molecule has 0 radical (unpaired) electrons. The number of aryl methyl sites for hydroxylation is 1. The summed E-state index contributed by atoms with van der Waals surface area (Å²) in [5.74, 6) is 0.0512. The number of nitrogens with one attached hydrogen (secondary N) is 2. The number of aromatic amines is 1. The number of hydrogen-bond donors (Lipinski definition) is 2. The highest BCUT2D eigenvalue weighted by Crippen LogP contribution is 2.19. The van der Waals surface area contributed by atoms with Crippen LogP contribution < -0.4 is 10.9 Å². The van der Waals surface area contributed by atoms with Crippen LogP contribution in [0.1, 0.15) is 19.0 Å². The largest absolute Gasteiger partial charge is 0.403 e. The maximum Gasteiger partial charge on any atom is 0.322 e. The summed E-state index contributed by atoms with van der Waals surface area (Å²) in [7, 11) is 0. The molecule has 9 heteroatoms. The lowest BCUT2D eigenvalue weighted by atomic mass is 10.2. The van der Waals surface area contributed by atoms with Crippen LogP contribution in [0.5, 0.6) is 0 Å². The van der Waals surface area contributed by atoms with Crippen LogP contribution in [0.25, 0.3) is 11.5 Å². The summed E-state index contributed by atoms with van der Waals surface area (Å²) < 4.78 is 5.43. The number of hydrogen-bond acceptors (Lipinski definition) is 7. The third-order valence-corrected chi connectivity index (χ3v) is 4.18. The molecule has 26 heavy (non-hydrogen) atoms. The Morgan fingerprint density at radius 2 is 2.08 bits per heavy atom. The molecule has 3 rings (SSSR count). The smallest absolute Gasteiger partial charge is 0.322 e. The molecule has 0 aliphatic rings. The summed E-state index contributed by atoms with van der Waals surface area (Å²) in [5, 5.41) is 10.7. The number of carbonyl (C=O) groups excluding carboxylic acids is 1. The molecule has 0 bridgehead atoms. The Morgan fingerprint density at radius 3 is 2.85 bits per heavy atom. The zero-order chi connectivity index (χ0) is 18.4. The van der Waals surface area contributed by atoms with E-state index in [0.29, 0.717) is 23.2 Å². The predicted molar refractivity (Wildman–Crippen MR) is 97.9 cm³/mol. The highest BCUT2D eigenvalue weighted by Gasteiger charge is 2.12. The van der Waals surface area contributed by atoms with E-state index in [9.17, 15) is 9.59 Å². The monoisotopic (exact) mass is 371 g/mol. The number of H-pyrrole nitrogens is 1. The minimum atomic E-state index is -0.332. The molecule has 0 unspecified atom stereocenters. The van der Waals surface area contributed by atoms with Crippen molar-refractivity contribution in [1.82, 2.24) is 20.2 Å². The molecule has 0 spiro atoms. The van der Waals surface area contributed by atoms with E-state index in [1.807, 2.05) is 37.3 Å². The second-order valence-electron chi connectivity index (χ2n) is 5.41. The van der Waals surface area contributed by atoms with Gasteiger partial charge in [-0.3, -0.25) is 14.9 Å². The zero-order valence-electron chi connectivity index (χ0n) is 14.1. The van der Waals surface area contributed by atoms with E-state index in [4.69, 9.17) is 4.42 Å². The van der Waals surface area contributed by atoms with Gasteiger partial charge in [0.15, 0.2) is 5.16 Å². The van der Waals surface area contributed by atoms with E-state index in [-0.39, 0.29) is 23.2 Å². The van der Waals surface area contributed by atoms with Gasteiger partial charge in [0.2, 0.25) is 11.8 Å². The van der Waals surface area contributed by atoms with Gasteiger partial charge in [-0.15, -0.1) is 5.10 Å². The minimum Gasteiger partial charge on any atom is -0.403 e. The molecule has 0 saturated heterocycles. The summed E-state index contributed by atoms with van der Waals surface area (Å²) >= 11 is 1.14. The third-order valence-electron chi connectivity index (χ3n) is 3.31. The van der Waals surface area contributed by atoms with Crippen molar-refractivity contribution < 1.29 is 9.21 Å². The van der Waals surface area contributed by atoms with Gasteiger partial charge in [0, 0.05) is 17.3 Å². The number of nitrogens with zero attached hydrogens (tertiary/aromatic N) is 3. The number of thioether (sulfide) groups is 1. The van der Waals surface area contributed by atoms with Gasteiger partial charge in [-0.25, -0.2) is 4.98 Å². The Kier molecular flexibility index (Phi) is 5.80. The number of aromatic nitrogens is 4. The molecule has 1 aromatic carbocycles. The van der Waals surface area contributed by atoms with Crippen LogP contribution in [0.3, 0.4) is 0 Å². The van der Waals surface area contributed by atoms with Crippen LogP contribution in [0.2, 0.25) is 0 Å². The lowest BCUT2D eigenvalue weighted by molar-refractivity contribution is -0.113. The Morgan fingerprint density at radius 1 is 1.27 bits per heavy atom. The van der Waals surface area contributed by atoms with Crippen molar-refractivity contribution in [2.24, 2.45) is 0 Å². The van der Waals surface area contributed by atoms with Crippen LogP contribution in [-0.4, -0.2) is 31.8 Å². The first-order chi connectivity index (χ1) is 12.6. The Bertz CT molecular complexity index is 939. The number of carbonyl (C=O) groups is 1. The Hall–Kier alpha value is -2.94. The Balaban J connectivity index is 1.58. The van der Waals surface area contributed by atoms with Crippen molar-refractivity contribution in [2.75, 3.05) is 11.1 Å². The van der Waals surface area contributed by atoms with E-state index in [2.05, 4.69) is 25.5 Å². The first kappa shape index (κ1) is 17.9. The molecular weight excluding hydrogens is 354 g/mol. The first-order valence-electron chi connectivity index (χ1n) is 8.06. The zero-order valence-corrected chi connectivity index (χ0v) is 14.9. The molecule has 2 aromatic heterocycles. The van der Waals surface area contributed by atoms with E-state index in [1.54, 1.807) is 0 Å². The fourth-order valence-corrected chi connectivity index (χ4v) is 2.89. The number of anilines is 1. The summed E-state index contributed by atoms with van der Waals surface area (Å²) in [6, 6.07) is 10.8. The summed E-state index contributed by atoms with van der Waals surface area (Å²) in [5.41, 5.74) is 1.25. The molecule has 0 fully saturated rings. The summed E-state index contributed by atoms with van der Waals surface area (Å²) in [6.07, 6.45) is 1.61. The highest BCUT2D eigenvalue weighted by atomic mass is 32.2. The summed E-state index contributed by atoms with van der Waals surface area (Å²) in [6.45, 7) is 2.01. The van der Waals surface area contributed by atoms with Gasteiger partial charge in [0.1, 0.15) is 0 Å². The molecule has 2 heterocycles. The molecule has 0 saturated carbocycles. The second kappa shape index (κ2) is 8.43. The van der Waals surface area contributed by atoms with Crippen LogP contribution >= 0.6 is 11.8 Å². The van der Waals surface area contributed by atoms with E-state index < -0.39 is 0 Å². The van der Waals surface area contributed by atoms with Crippen molar-refractivity contribution in [3.8, 4) is 11.5 Å². The van der Waals surface area contributed by atoms with Gasteiger partial charge in [0.05, 0.1) is 5.75 Å². The van der Waals surface area contributed by atoms with Crippen LogP contribution in [0, 0.1) is 0 Å². The van der Waals surface area contributed by atoms with Crippen molar-refractivity contribution >= 4 is 23.7 Å². The summed E-state index contributed by atoms with van der Waals surface area (Å²) in [4.78, 5) is 30.6. The Labute approximate surface area is 153 Å². The van der Waals surface area contributed by atoms with E-state index >= 15 is 0 Å². The van der Waals surface area contributed by atoms with Gasteiger partial charge in [-0.05, 0) is 18.6 Å². The van der Waals surface area contributed by atoms with Crippen molar-refractivity contribution in [3.05, 3.63) is 52.4 Å². The average Bonchev–Trinajstić information content (AvgIpc) is 3.09. The number of amides is 1. The van der Waals surface area contributed by atoms with Gasteiger partial charge in [-0.2, -0.15) is 0 Å². The SMILES string of the molecule is CCCc1cc(=O)[nH]c(SCC(=O)Nc2nnc(-c3ccccc3)o2)n1. The van der Waals surface area contributed by atoms with E-state index in [1.165, 1.54) is 6.07 Å². The van der Waals surface area contributed by atoms with Gasteiger partial charge >= 0.3 is 6.01 Å². The number of rotatable bonds is 7. The lowest BCUT2D eigenvalue weighted by Crippen LogP contribution is -2.16. The van der Waals surface area contributed by atoms with Crippen molar-refractivity contribution in [2.45, 2.75) is 24.9 Å². The molecule has 0 atom stereocenters. The maximum absolute atomic E-state index is 12.0. The molecule has 134 valence electrons. The molecule has 3 aromatic rings. The average molecular weight is 371 g/mol. The van der Waals surface area contributed by atoms with E-state index in [0.717, 1.165) is 23.7 Å². The van der Waals surface area contributed by atoms with Crippen molar-refractivity contribution in [3.63, 3.8) is 0 Å². The molecular formula is C17H17N5O3S. The minimum absolute atomic E-state index is 0.0237. The molecule has 1 amide bonds. The molecule has 2 N–H and O–H groups in total. The van der Waals surface area contributed by atoms with Crippen LogP contribution in [-0.2, 0) is 11.2 Å². The topological polar surface area (TPSA) is 114 Å². The van der Waals surface area contributed by atoms with Gasteiger partial charge in [-0.1, -0.05) is 48.4 Å². The fraction of sp³-hybridized carbons (Fsp3) is 0.235. The molecule has 0 aliphatic heterocycles. The fourth-order valence-electron chi connectivity index (χ4n) is 2.20. The third kappa shape index (κ3) is 4.79. The molecule has 0 aliphatic carbocycles. The normalized spacial score (nSPS) is 10.7. The standard InChI is InChI=1S/C17H17N5O3S/c1-2-6-12-9-13(23)20-17(18-12)26-10-14(24)19-16-22-21-15(25-16)11-7-4-3-5-8-11/h3-5,7-9H,2,6,10H2,1H3,(H,18,20,23)(H,19,22,24). The molecule has 8 nitrogen and oxygen atoms in total. The predicted octanol–water partition coefficient (Wildman–Crippen LogP) is 2.50. The maximum atomic E-state index is 12.0. The van der Waals surface area contributed by atoms with Crippen LogP contribution in [0.4, 0.5) is 6.01 Å². The van der Waals surface area contributed by atoms with Gasteiger partial charge in [0.25, 0.3) is 5.56 Å². The number of benzene rings is 1. The van der Waals surface area contributed by atoms with Crippen LogP contribution in [0.15, 0.2) is 50.8 Å². The first-order valence-corrected chi connectivity index (χ1v) is 9.04. The highest BCUT2D eigenvalue weighted by molar-refractivity contribution is 7.99. The quantitative estimate of drug-likeness (QED) is 0.484. The van der Waals surface area contributed by atoms with Gasteiger partial charge < -0.3 is 9.40 Å². The van der Waals surface area contributed by atoms with Crippen molar-refractivity contribution in [1.29, 1.82) is 0 Å². The lowest BCUT2D eigenvalue weighted by Gasteiger charge is -2.03.